The Morgan fingerprint density at radius 3 is 2.76 bits per heavy atom. The van der Waals surface area contributed by atoms with Crippen LogP contribution in [-0.2, 0) is 13.0 Å². The Morgan fingerprint density at radius 1 is 1.29 bits per heavy atom. The van der Waals surface area contributed by atoms with Gasteiger partial charge < -0.3 is 19.9 Å². The first-order valence-corrected chi connectivity index (χ1v) is 7.93. The first-order chi connectivity index (χ1) is 10.2. The van der Waals surface area contributed by atoms with Crippen molar-refractivity contribution in [1.29, 1.82) is 0 Å². The minimum Gasteiger partial charge on any atom is -0.497 e. The molecule has 0 amide bonds. The monoisotopic (exact) mass is 291 g/mol. The maximum Gasteiger partial charge on any atom is 0.127 e. The summed E-state index contributed by atoms with van der Waals surface area (Å²) in [7, 11) is 1.71. The van der Waals surface area contributed by atoms with Gasteiger partial charge in [-0.2, -0.15) is 0 Å². The van der Waals surface area contributed by atoms with Gasteiger partial charge in [0.2, 0.25) is 0 Å². The molecule has 2 aliphatic rings. The zero-order valence-electron chi connectivity index (χ0n) is 12.9. The van der Waals surface area contributed by atoms with Gasteiger partial charge in [0, 0.05) is 30.1 Å². The number of ether oxygens (including phenoxy) is 2. The van der Waals surface area contributed by atoms with Crippen molar-refractivity contribution in [1.82, 2.24) is 5.32 Å². The van der Waals surface area contributed by atoms with Crippen LogP contribution in [0.25, 0.3) is 0 Å². The standard InChI is InChI=1S/C17H25NO3/c1-11-7-12-8-16(20-2)9-13(17(12)21-11)10-18-14-3-5-15(19)6-4-14/h8-9,11,14-15,18-19H,3-7,10H2,1-2H3. The highest BCUT2D eigenvalue weighted by Crippen LogP contribution is 2.36. The highest BCUT2D eigenvalue weighted by molar-refractivity contribution is 5.49. The van der Waals surface area contributed by atoms with Crippen molar-refractivity contribution in [2.24, 2.45) is 0 Å². The van der Waals surface area contributed by atoms with Crippen LogP contribution in [-0.4, -0.2) is 30.5 Å². The molecule has 0 bridgehead atoms. The Balaban J connectivity index is 1.69. The lowest BCUT2D eigenvalue weighted by molar-refractivity contribution is 0.116. The summed E-state index contributed by atoms with van der Waals surface area (Å²) in [5.41, 5.74) is 2.43. The van der Waals surface area contributed by atoms with Gasteiger partial charge in [-0.25, -0.2) is 0 Å². The van der Waals surface area contributed by atoms with E-state index in [1.165, 1.54) is 11.1 Å². The summed E-state index contributed by atoms with van der Waals surface area (Å²) in [4.78, 5) is 0. The molecular weight excluding hydrogens is 266 g/mol. The lowest BCUT2D eigenvalue weighted by Gasteiger charge is -2.26. The summed E-state index contributed by atoms with van der Waals surface area (Å²) in [6, 6.07) is 4.65. The van der Waals surface area contributed by atoms with Crippen LogP contribution < -0.4 is 14.8 Å². The lowest BCUT2D eigenvalue weighted by Crippen LogP contribution is -2.34. The van der Waals surface area contributed by atoms with Gasteiger partial charge in [0.15, 0.2) is 0 Å². The van der Waals surface area contributed by atoms with Crippen LogP contribution in [0.1, 0.15) is 43.7 Å². The summed E-state index contributed by atoms with van der Waals surface area (Å²) in [5, 5.41) is 13.2. The molecule has 1 fully saturated rings. The van der Waals surface area contributed by atoms with Gasteiger partial charge in [0.05, 0.1) is 13.2 Å². The minimum absolute atomic E-state index is 0.103. The molecule has 0 radical (unpaired) electrons. The zero-order valence-corrected chi connectivity index (χ0v) is 12.9. The fourth-order valence-corrected chi connectivity index (χ4v) is 3.36. The van der Waals surface area contributed by atoms with E-state index in [1.54, 1.807) is 7.11 Å². The number of benzene rings is 1. The molecule has 1 aromatic carbocycles. The number of aliphatic hydroxyl groups is 1. The summed E-state index contributed by atoms with van der Waals surface area (Å²) in [6.45, 7) is 2.90. The van der Waals surface area contributed by atoms with Gasteiger partial charge >= 0.3 is 0 Å². The normalized spacial score (nSPS) is 28.0. The van der Waals surface area contributed by atoms with E-state index in [9.17, 15) is 5.11 Å². The highest BCUT2D eigenvalue weighted by atomic mass is 16.5. The number of aliphatic hydroxyl groups excluding tert-OH is 1. The average Bonchev–Trinajstić information content (AvgIpc) is 2.86. The number of fused-ring (bicyclic) bond motifs is 1. The average molecular weight is 291 g/mol. The second-order valence-corrected chi connectivity index (χ2v) is 6.29. The van der Waals surface area contributed by atoms with Crippen molar-refractivity contribution >= 4 is 0 Å². The molecule has 21 heavy (non-hydrogen) atoms. The van der Waals surface area contributed by atoms with E-state index >= 15 is 0 Å². The topological polar surface area (TPSA) is 50.7 Å². The third-order valence-corrected chi connectivity index (χ3v) is 4.56. The summed E-state index contributed by atoms with van der Waals surface area (Å²) >= 11 is 0. The predicted octanol–water partition coefficient (Wildman–Crippen LogP) is 2.41. The summed E-state index contributed by atoms with van der Waals surface area (Å²) < 4.78 is 11.4. The van der Waals surface area contributed by atoms with Crippen LogP contribution in [0.5, 0.6) is 11.5 Å². The number of nitrogens with one attached hydrogen (secondary N) is 1. The van der Waals surface area contributed by atoms with E-state index in [-0.39, 0.29) is 12.2 Å². The van der Waals surface area contributed by atoms with E-state index in [4.69, 9.17) is 9.47 Å². The predicted molar refractivity (Wildman–Crippen MR) is 81.9 cm³/mol. The Labute approximate surface area is 126 Å². The third kappa shape index (κ3) is 3.33. The van der Waals surface area contributed by atoms with Gasteiger partial charge in [-0.05, 0) is 44.7 Å². The molecule has 4 nitrogen and oxygen atoms in total. The smallest absolute Gasteiger partial charge is 0.127 e. The molecule has 0 aromatic heterocycles. The molecule has 1 aliphatic carbocycles. The fourth-order valence-electron chi connectivity index (χ4n) is 3.36. The minimum atomic E-state index is -0.103. The first-order valence-electron chi connectivity index (χ1n) is 7.93. The van der Waals surface area contributed by atoms with Crippen LogP contribution in [0, 0.1) is 0 Å². The molecule has 2 N–H and O–H groups in total. The first kappa shape index (κ1) is 14.7. The van der Waals surface area contributed by atoms with Gasteiger partial charge in [-0.15, -0.1) is 0 Å². The summed E-state index contributed by atoms with van der Waals surface area (Å²) in [6.07, 6.45) is 5.00. The molecule has 0 spiro atoms. The fraction of sp³-hybridized carbons (Fsp3) is 0.647. The maximum absolute atomic E-state index is 9.57. The second kappa shape index (κ2) is 6.24. The largest absolute Gasteiger partial charge is 0.497 e. The molecule has 1 saturated carbocycles. The number of methoxy groups -OCH3 is 1. The van der Waals surface area contributed by atoms with Crippen LogP contribution in [0.15, 0.2) is 12.1 Å². The van der Waals surface area contributed by atoms with Crippen molar-refractivity contribution < 1.29 is 14.6 Å². The summed E-state index contributed by atoms with van der Waals surface area (Å²) in [5.74, 6) is 1.94. The van der Waals surface area contributed by atoms with Crippen molar-refractivity contribution in [2.45, 2.75) is 63.8 Å². The van der Waals surface area contributed by atoms with E-state index < -0.39 is 0 Å². The second-order valence-electron chi connectivity index (χ2n) is 6.29. The zero-order chi connectivity index (χ0) is 14.8. The molecule has 116 valence electrons. The Bertz CT molecular complexity index is 495. The molecule has 1 unspecified atom stereocenters. The number of hydrogen-bond donors (Lipinski definition) is 2. The molecule has 0 saturated heterocycles. The van der Waals surface area contributed by atoms with Gasteiger partial charge in [0.25, 0.3) is 0 Å². The third-order valence-electron chi connectivity index (χ3n) is 4.56. The van der Waals surface area contributed by atoms with Gasteiger partial charge in [-0.1, -0.05) is 0 Å². The van der Waals surface area contributed by atoms with E-state index in [1.807, 2.05) is 0 Å². The molecule has 4 heteroatoms. The van der Waals surface area contributed by atoms with Gasteiger partial charge in [-0.3, -0.25) is 0 Å². The lowest BCUT2D eigenvalue weighted by atomic mass is 9.93. The van der Waals surface area contributed by atoms with Crippen LogP contribution in [0.2, 0.25) is 0 Å². The van der Waals surface area contributed by atoms with Crippen LogP contribution in [0.3, 0.4) is 0 Å². The Hall–Kier alpha value is -1.26. The van der Waals surface area contributed by atoms with Crippen LogP contribution in [0.4, 0.5) is 0 Å². The molecular formula is C17H25NO3. The maximum atomic E-state index is 9.57. The van der Waals surface area contributed by atoms with Crippen molar-refractivity contribution in [3.05, 3.63) is 23.3 Å². The number of hydrogen-bond acceptors (Lipinski definition) is 4. The number of rotatable bonds is 4. The Morgan fingerprint density at radius 2 is 2.05 bits per heavy atom. The quantitative estimate of drug-likeness (QED) is 0.894. The van der Waals surface area contributed by atoms with E-state index in [2.05, 4.69) is 24.4 Å². The molecule has 1 heterocycles. The molecule has 1 atom stereocenters. The van der Waals surface area contributed by atoms with Crippen molar-refractivity contribution in [3.8, 4) is 11.5 Å². The molecule has 1 aromatic rings. The Kier molecular flexibility index (Phi) is 4.36. The van der Waals surface area contributed by atoms with Gasteiger partial charge in [0.1, 0.15) is 17.6 Å². The molecule has 3 rings (SSSR count). The van der Waals surface area contributed by atoms with Crippen molar-refractivity contribution in [3.63, 3.8) is 0 Å². The molecule has 1 aliphatic heterocycles. The van der Waals surface area contributed by atoms with Crippen LogP contribution >= 0.6 is 0 Å². The highest BCUT2D eigenvalue weighted by Gasteiger charge is 2.24. The SMILES string of the molecule is COc1cc(CNC2CCC(O)CC2)c2c(c1)CC(C)O2. The van der Waals surface area contributed by atoms with E-state index in [0.29, 0.717) is 6.04 Å². The van der Waals surface area contributed by atoms with Crippen molar-refractivity contribution in [2.75, 3.05) is 7.11 Å². The van der Waals surface area contributed by atoms with E-state index in [0.717, 1.165) is 50.1 Å².